The molecule has 1 saturated carbocycles. The van der Waals surface area contributed by atoms with Crippen molar-refractivity contribution in [2.24, 2.45) is 5.41 Å². The van der Waals surface area contributed by atoms with Crippen LogP contribution in [0.2, 0.25) is 10.0 Å². The third-order valence-corrected chi connectivity index (χ3v) is 4.04. The summed E-state index contributed by atoms with van der Waals surface area (Å²) in [6.45, 7) is 1.47. The van der Waals surface area contributed by atoms with Gasteiger partial charge in [-0.15, -0.1) is 0 Å². The molecule has 1 unspecified atom stereocenters. The van der Waals surface area contributed by atoms with Crippen molar-refractivity contribution < 1.29 is 14.9 Å². The Labute approximate surface area is 128 Å². The number of nitrogens with one attached hydrogen (secondary N) is 1. The molecule has 0 heterocycles. The Bertz CT molecular complexity index is 452. The molecule has 4 nitrogen and oxygen atoms in total. The number of benzene rings is 1. The van der Waals surface area contributed by atoms with E-state index >= 15 is 0 Å². The first-order valence-electron chi connectivity index (χ1n) is 6.62. The molecule has 0 amide bonds. The Morgan fingerprint density at radius 1 is 1.35 bits per heavy atom. The number of aliphatic hydroxyl groups excluding tert-OH is 2. The summed E-state index contributed by atoms with van der Waals surface area (Å²) in [5.41, 5.74) is 0.0385. The molecular formula is C14H19Cl2NO3. The third-order valence-electron chi connectivity index (χ3n) is 3.50. The fraction of sp³-hybridized carbons (Fsp3) is 0.571. The van der Waals surface area contributed by atoms with E-state index in [1.165, 1.54) is 0 Å². The van der Waals surface area contributed by atoms with E-state index in [2.05, 4.69) is 5.32 Å². The van der Waals surface area contributed by atoms with E-state index < -0.39 is 6.10 Å². The van der Waals surface area contributed by atoms with E-state index in [0.29, 0.717) is 22.3 Å². The number of rotatable bonds is 8. The van der Waals surface area contributed by atoms with Gasteiger partial charge >= 0.3 is 0 Å². The Kier molecular flexibility index (Phi) is 5.52. The van der Waals surface area contributed by atoms with Gasteiger partial charge in [-0.2, -0.15) is 0 Å². The van der Waals surface area contributed by atoms with Gasteiger partial charge in [-0.25, -0.2) is 0 Å². The first-order chi connectivity index (χ1) is 9.54. The molecule has 1 aliphatic carbocycles. The minimum absolute atomic E-state index is 0.0385. The number of ether oxygens (including phenoxy) is 1. The van der Waals surface area contributed by atoms with Crippen molar-refractivity contribution in [3.63, 3.8) is 0 Å². The van der Waals surface area contributed by atoms with E-state index in [9.17, 15) is 10.2 Å². The summed E-state index contributed by atoms with van der Waals surface area (Å²) in [6, 6.07) is 4.95. The second-order valence-corrected chi connectivity index (χ2v) is 6.17. The number of aliphatic hydroxyl groups is 2. The van der Waals surface area contributed by atoms with Crippen molar-refractivity contribution in [1.82, 2.24) is 5.32 Å². The molecule has 0 saturated heterocycles. The van der Waals surface area contributed by atoms with E-state index in [0.717, 1.165) is 19.4 Å². The molecule has 20 heavy (non-hydrogen) atoms. The molecule has 1 fully saturated rings. The Hall–Kier alpha value is -0.520. The molecule has 0 aliphatic heterocycles. The lowest BCUT2D eigenvalue weighted by atomic mass is 10.1. The number of halogens is 2. The summed E-state index contributed by atoms with van der Waals surface area (Å²) >= 11 is 11.8. The van der Waals surface area contributed by atoms with Crippen LogP contribution < -0.4 is 10.1 Å². The highest BCUT2D eigenvalue weighted by Crippen LogP contribution is 2.44. The van der Waals surface area contributed by atoms with Crippen molar-refractivity contribution in [1.29, 1.82) is 0 Å². The van der Waals surface area contributed by atoms with Gasteiger partial charge in [0.05, 0.1) is 5.02 Å². The minimum Gasteiger partial charge on any atom is -0.489 e. The van der Waals surface area contributed by atoms with Crippen LogP contribution in [0.4, 0.5) is 0 Å². The van der Waals surface area contributed by atoms with Crippen LogP contribution in [0.25, 0.3) is 0 Å². The molecule has 112 valence electrons. The van der Waals surface area contributed by atoms with Crippen LogP contribution in [0.1, 0.15) is 12.8 Å². The summed E-state index contributed by atoms with van der Waals surface area (Å²) < 4.78 is 5.45. The smallest absolute Gasteiger partial charge is 0.139 e. The quantitative estimate of drug-likeness (QED) is 0.686. The molecule has 2 rings (SSSR count). The zero-order valence-electron chi connectivity index (χ0n) is 11.1. The van der Waals surface area contributed by atoms with Crippen LogP contribution in [0.15, 0.2) is 18.2 Å². The Balaban J connectivity index is 1.69. The molecule has 1 aromatic carbocycles. The van der Waals surface area contributed by atoms with Crippen molar-refractivity contribution >= 4 is 23.2 Å². The maximum absolute atomic E-state index is 9.83. The van der Waals surface area contributed by atoms with Crippen LogP contribution in [-0.2, 0) is 0 Å². The molecule has 6 heteroatoms. The standard InChI is InChI=1S/C14H19Cl2NO3/c15-10-1-2-12(16)13(5-10)20-7-11(19)6-17-8-14(9-18)3-4-14/h1-2,5,11,17-19H,3-4,6-9H2. The summed E-state index contributed by atoms with van der Waals surface area (Å²) in [6.07, 6.45) is 1.45. The number of hydrogen-bond donors (Lipinski definition) is 3. The molecular weight excluding hydrogens is 301 g/mol. The summed E-state index contributed by atoms with van der Waals surface area (Å²) in [7, 11) is 0. The Morgan fingerprint density at radius 2 is 2.10 bits per heavy atom. The zero-order chi connectivity index (χ0) is 14.6. The molecule has 0 bridgehead atoms. The first-order valence-corrected chi connectivity index (χ1v) is 7.38. The van der Waals surface area contributed by atoms with Gasteiger partial charge in [-0.1, -0.05) is 23.2 Å². The largest absolute Gasteiger partial charge is 0.489 e. The van der Waals surface area contributed by atoms with Crippen LogP contribution in [0, 0.1) is 5.41 Å². The molecule has 0 spiro atoms. The summed E-state index contributed by atoms with van der Waals surface area (Å²) in [4.78, 5) is 0. The monoisotopic (exact) mass is 319 g/mol. The second-order valence-electron chi connectivity index (χ2n) is 5.33. The maximum Gasteiger partial charge on any atom is 0.139 e. The average molecular weight is 320 g/mol. The second kappa shape index (κ2) is 6.96. The van der Waals surface area contributed by atoms with Gasteiger partial charge < -0.3 is 20.3 Å². The van der Waals surface area contributed by atoms with Gasteiger partial charge in [0.2, 0.25) is 0 Å². The van der Waals surface area contributed by atoms with Crippen LogP contribution in [-0.4, -0.2) is 42.6 Å². The van der Waals surface area contributed by atoms with Crippen LogP contribution >= 0.6 is 23.2 Å². The number of hydrogen-bond acceptors (Lipinski definition) is 4. The highest BCUT2D eigenvalue weighted by molar-refractivity contribution is 6.34. The highest BCUT2D eigenvalue weighted by Gasteiger charge is 2.41. The van der Waals surface area contributed by atoms with Gasteiger partial charge in [-0.05, 0) is 25.0 Å². The summed E-state index contributed by atoms with van der Waals surface area (Å²) in [5.74, 6) is 0.465. The predicted molar refractivity (Wildman–Crippen MR) is 79.6 cm³/mol. The molecule has 1 aromatic rings. The van der Waals surface area contributed by atoms with Gasteiger partial charge in [-0.3, -0.25) is 0 Å². The predicted octanol–water partition coefficient (Wildman–Crippen LogP) is 2.10. The highest BCUT2D eigenvalue weighted by atomic mass is 35.5. The van der Waals surface area contributed by atoms with Gasteiger partial charge in [0.1, 0.15) is 18.5 Å². The third kappa shape index (κ3) is 4.50. The van der Waals surface area contributed by atoms with E-state index in [4.69, 9.17) is 27.9 Å². The Morgan fingerprint density at radius 3 is 2.75 bits per heavy atom. The lowest BCUT2D eigenvalue weighted by molar-refractivity contribution is 0.103. The molecule has 3 N–H and O–H groups in total. The lowest BCUT2D eigenvalue weighted by Gasteiger charge is -2.17. The fourth-order valence-corrected chi connectivity index (χ4v) is 2.24. The summed E-state index contributed by atoms with van der Waals surface area (Å²) in [5, 5.41) is 23.2. The SMILES string of the molecule is OCC1(CNCC(O)COc2cc(Cl)ccc2Cl)CC1. The van der Waals surface area contributed by atoms with Crippen molar-refractivity contribution in [3.8, 4) is 5.75 Å². The van der Waals surface area contributed by atoms with Gasteiger partial charge in [0.15, 0.2) is 0 Å². The molecule has 0 radical (unpaired) electrons. The zero-order valence-corrected chi connectivity index (χ0v) is 12.6. The topological polar surface area (TPSA) is 61.7 Å². The van der Waals surface area contributed by atoms with Crippen molar-refractivity contribution in [2.75, 3.05) is 26.3 Å². The van der Waals surface area contributed by atoms with Gasteiger partial charge in [0.25, 0.3) is 0 Å². The molecule has 1 aliphatic rings. The first kappa shape index (κ1) is 15.9. The molecule has 1 atom stereocenters. The van der Waals surface area contributed by atoms with Crippen molar-refractivity contribution in [2.45, 2.75) is 18.9 Å². The minimum atomic E-state index is -0.639. The van der Waals surface area contributed by atoms with E-state index in [1.807, 2.05) is 0 Å². The van der Waals surface area contributed by atoms with Crippen molar-refractivity contribution in [3.05, 3.63) is 28.2 Å². The maximum atomic E-state index is 9.83. The van der Waals surface area contributed by atoms with Crippen LogP contribution in [0.5, 0.6) is 5.75 Å². The molecule has 0 aromatic heterocycles. The van der Waals surface area contributed by atoms with E-state index in [1.54, 1.807) is 18.2 Å². The van der Waals surface area contributed by atoms with Gasteiger partial charge in [0, 0.05) is 36.2 Å². The fourth-order valence-electron chi connectivity index (χ4n) is 1.90. The average Bonchev–Trinajstić information content (AvgIpc) is 3.20. The van der Waals surface area contributed by atoms with Crippen LogP contribution in [0.3, 0.4) is 0 Å². The lowest BCUT2D eigenvalue weighted by Crippen LogP contribution is -2.35. The normalized spacial score (nSPS) is 17.8. The van der Waals surface area contributed by atoms with E-state index in [-0.39, 0.29) is 18.6 Å².